The maximum Gasteiger partial charge on any atom is 0.224 e. The molecule has 0 aromatic rings. The second-order valence-corrected chi connectivity index (χ2v) is 11.3. The highest BCUT2D eigenvalue weighted by atomic mass is 16.8. The quantitative estimate of drug-likeness (QED) is 0.0867. The molecule has 264 valence electrons. The summed E-state index contributed by atoms with van der Waals surface area (Å²) < 4.78 is 37.8. The Kier molecular flexibility index (Phi) is 11.8. The predicted molar refractivity (Wildman–Crippen MR) is 134 cm³/mol. The second kappa shape index (κ2) is 14.3. The van der Waals surface area contributed by atoms with Gasteiger partial charge in [-0.15, -0.1) is 0 Å². The molecule has 0 saturated carbocycles. The Hall–Kier alpha value is -0.840. The highest BCUT2D eigenvalue weighted by Crippen LogP contribution is 2.39. The Bertz CT molecular complexity index is 964. The van der Waals surface area contributed by atoms with Crippen molar-refractivity contribution in [3.63, 3.8) is 0 Å². The zero-order valence-corrected chi connectivity index (χ0v) is 23.7. The molecule has 0 aromatic carbocycles. The first-order valence-corrected chi connectivity index (χ1v) is 14.0. The molecule has 21 nitrogen and oxygen atoms in total. The maximum atomic E-state index is 10.7. The lowest BCUT2D eigenvalue weighted by Gasteiger charge is -2.44. The van der Waals surface area contributed by atoms with Crippen molar-refractivity contribution in [2.24, 2.45) is 0 Å². The van der Waals surface area contributed by atoms with E-state index in [-0.39, 0.29) is 0 Å². The van der Waals surface area contributed by atoms with E-state index in [2.05, 4.69) is 0 Å². The van der Waals surface area contributed by atoms with E-state index in [1.807, 2.05) is 0 Å². The fourth-order valence-electron chi connectivity index (χ4n) is 5.65. The van der Waals surface area contributed by atoms with Crippen LogP contribution < -0.4 is 0 Å². The minimum Gasteiger partial charge on any atom is -0.394 e. The molecule has 0 unspecified atom stereocenters. The van der Waals surface area contributed by atoms with Crippen LogP contribution in [0.3, 0.4) is 0 Å². The molecule has 4 rings (SSSR count). The predicted octanol–water partition coefficient (Wildman–Crippen LogP) is -9.74. The molecule has 14 N–H and O–H groups in total. The molecule has 0 amide bonds. The first kappa shape index (κ1) is 37.0. The topological polar surface area (TPSA) is 348 Å². The van der Waals surface area contributed by atoms with Crippen molar-refractivity contribution in [3.05, 3.63) is 0 Å². The summed E-state index contributed by atoms with van der Waals surface area (Å²) in [4.78, 5) is 0. The smallest absolute Gasteiger partial charge is 0.224 e. The molecule has 4 heterocycles. The number of hydrogen-bond acceptors (Lipinski definition) is 21. The Labute approximate surface area is 254 Å². The highest BCUT2D eigenvalue weighted by molar-refractivity contribution is 5.01. The van der Waals surface area contributed by atoms with E-state index in [9.17, 15) is 71.5 Å². The summed E-state index contributed by atoms with van der Waals surface area (Å²) in [5.41, 5.74) is 0. The maximum absolute atomic E-state index is 10.7. The van der Waals surface area contributed by atoms with Crippen LogP contribution in [0, 0.1) is 0 Å². The van der Waals surface area contributed by atoms with Crippen molar-refractivity contribution < 1.29 is 105 Å². The van der Waals surface area contributed by atoms with Gasteiger partial charge in [0, 0.05) is 0 Å². The molecule has 4 aliphatic heterocycles. The summed E-state index contributed by atoms with van der Waals surface area (Å²) in [5.74, 6) is -7.14. The van der Waals surface area contributed by atoms with E-state index in [0.29, 0.717) is 0 Å². The van der Waals surface area contributed by atoms with Gasteiger partial charge in [0.25, 0.3) is 0 Å². The SMILES string of the molecule is OC[C@@H]1O[C@](CO)(OC[C@@H]2O[C@](CO)(OC[C@H]3O[C@H](O[C@]4(CO)O[C@H](CO)[C@@H](O)[C@@H]4O)[C@H](O)[C@@H](O)[C@@H]3O)[C@H](O)[C@H]2O)[C@H](O)[C@H]1O. The monoisotopic (exact) mass is 666 g/mol. The van der Waals surface area contributed by atoms with Gasteiger partial charge in [0.1, 0.15) is 99.2 Å². The number of rotatable bonds is 13. The molecule has 21 heteroatoms. The van der Waals surface area contributed by atoms with Crippen LogP contribution in [0.5, 0.6) is 0 Å². The van der Waals surface area contributed by atoms with Gasteiger partial charge in [0.2, 0.25) is 17.4 Å². The van der Waals surface area contributed by atoms with Crippen LogP contribution in [0.25, 0.3) is 0 Å². The van der Waals surface area contributed by atoms with E-state index in [0.717, 1.165) is 0 Å². The van der Waals surface area contributed by atoms with Gasteiger partial charge in [-0.2, -0.15) is 0 Å². The van der Waals surface area contributed by atoms with Gasteiger partial charge >= 0.3 is 0 Å². The summed E-state index contributed by atoms with van der Waals surface area (Å²) in [6, 6.07) is 0. The molecule has 0 aliphatic carbocycles. The van der Waals surface area contributed by atoms with Crippen LogP contribution in [0.15, 0.2) is 0 Å². The van der Waals surface area contributed by atoms with E-state index >= 15 is 0 Å². The second-order valence-electron chi connectivity index (χ2n) is 11.3. The Balaban J connectivity index is 1.43. The lowest BCUT2D eigenvalue weighted by Crippen LogP contribution is -2.63. The minimum atomic E-state index is -2.45. The largest absolute Gasteiger partial charge is 0.394 e. The van der Waals surface area contributed by atoms with E-state index in [1.54, 1.807) is 0 Å². The number of aliphatic hydroxyl groups is 14. The summed E-state index contributed by atoms with van der Waals surface area (Å²) in [7, 11) is 0. The average Bonchev–Trinajstić information content (AvgIpc) is 3.55. The Morgan fingerprint density at radius 2 is 0.844 bits per heavy atom. The molecule has 0 bridgehead atoms. The summed E-state index contributed by atoms with van der Waals surface area (Å²) in [5, 5.41) is 142. The van der Waals surface area contributed by atoms with Crippen LogP contribution in [0.2, 0.25) is 0 Å². The van der Waals surface area contributed by atoms with Crippen molar-refractivity contribution in [2.45, 2.75) is 103 Å². The fraction of sp³-hybridized carbons (Fsp3) is 1.00. The molecule has 45 heavy (non-hydrogen) atoms. The molecule has 17 atom stereocenters. The molecule has 4 fully saturated rings. The lowest BCUT2D eigenvalue weighted by molar-refractivity contribution is -0.389. The van der Waals surface area contributed by atoms with Crippen molar-refractivity contribution in [3.8, 4) is 0 Å². The van der Waals surface area contributed by atoms with Crippen molar-refractivity contribution >= 4 is 0 Å². The van der Waals surface area contributed by atoms with E-state index in [1.165, 1.54) is 0 Å². The van der Waals surface area contributed by atoms with Gasteiger partial charge < -0.3 is 105 Å². The first-order chi connectivity index (χ1) is 21.2. The Morgan fingerprint density at radius 1 is 0.444 bits per heavy atom. The van der Waals surface area contributed by atoms with Crippen molar-refractivity contribution in [1.82, 2.24) is 0 Å². The third-order valence-electron chi connectivity index (χ3n) is 8.51. The summed E-state index contributed by atoms with van der Waals surface area (Å²) in [6.45, 7) is -6.37. The molecule has 0 radical (unpaired) electrons. The van der Waals surface area contributed by atoms with E-state index in [4.69, 9.17) is 33.2 Å². The third kappa shape index (κ3) is 6.49. The lowest BCUT2D eigenvalue weighted by atomic mass is 9.98. The highest BCUT2D eigenvalue weighted by Gasteiger charge is 2.61. The Morgan fingerprint density at radius 3 is 1.29 bits per heavy atom. The van der Waals surface area contributed by atoms with Gasteiger partial charge in [0.15, 0.2) is 6.29 Å². The van der Waals surface area contributed by atoms with Gasteiger partial charge in [-0.05, 0) is 0 Å². The summed E-state index contributed by atoms with van der Waals surface area (Å²) >= 11 is 0. The standard InChI is InChI=1S/C24H42O21/c25-1-8-13(31)18(36)22(5-27,42-8)40-4-11-15(33)19(37)23(6-28,44-11)39-3-10-12(30)16(34)17(35)21(41-10)45-24(7-29)20(38)14(32)9(2-26)43-24/h8-21,25-38H,1-7H2/t8-,9+,10+,11-,12+,13-,14+,15-,16-,17+,18+,19+,20-,21+,22-,23-,24-/m0/s1. The van der Waals surface area contributed by atoms with Gasteiger partial charge in [-0.1, -0.05) is 0 Å². The number of ether oxygens (including phenoxy) is 7. The fourth-order valence-corrected chi connectivity index (χ4v) is 5.65. The number of hydrogen-bond donors (Lipinski definition) is 14. The van der Waals surface area contributed by atoms with E-state index < -0.39 is 149 Å². The van der Waals surface area contributed by atoms with Crippen molar-refractivity contribution in [1.29, 1.82) is 0 Å². The van der Waals surface area contributed by atoms with Crippen LogP contribution >= 0.6 is 0 Å². The van der Waals surface area contributed by atoms with Gasteiger partial charge in [-0.25, -0.2) is 0 Å². The molecular formula is C24H42O21. The normalized spacial score (nSPS) is 52.1. The van der Waals surface area contributed by atoms with Crippen molar-refractivity contribution in [2.75, 3.05) is 46.2 Å². The summed E-state index contributed by atoms with van der Waals surface area (Å²) in [6.07, 6.45) is -24.9. The minimum absolute atomic E-state index is 0.735. The van der Waals surface area contributed by atoms with Crippen LogP contribution in [-0.2, 0) is 33.2 Å². The van der Waals surface area contributed by atoms with Gasteiger partial charge in [-0.3, -0.25) is 0 Å². The van der Waals surface area contributed by atoms with Crippen LogP contribution in [-0.4, -0.2) is 221 Å². The molecule has 0 aromatic heterocycles. The van der Waals surface area contributed by atoms with Crippen LogP contribution in [0.1, 0.15) is 0 Å². The molecule has 4 aliphatic rings. The average molecular weight is 667 g/mol. The molecular weight excluding hydrogens is 624 g/mol. The van der Waals surface area contributed by atoms with Crippen LogP contribution in [0.4, 0.5) is 0 Å². The molecule has 4 saturated heterocycles. The number of aliphatic hydroxyl groups excluding tert-OH is 14. The molecule has 0 spiro atoms. The zero-order chi connectivity index (χ0) is 33.5. The first-order valence-electron chi connectivity index (χ1n) is 14.0. The zero-order valence-electron chi connectivity index (χ0n) is 23.7. The third-order valence-corrected chi connectivity index (χ3v) is 8.51. The van der Waals surface area contributed by atoms with Gasteiger partial charge in [0.05, 0.1) is 26.4 Å².